The third-order valence-electron chi connectivity index (χ3n) is 5.51. The summed E-state index contributed by atoms with van der Waals surface area (Å²) in [4.78, 5) is 78.8. The lowest BCUT2D eigenvalue weighted by atomic mass is 10.1. The van der Waals surface area contributed by atoms with Crippen LogP contribution in [-0.2, 0) is 36.8 Å². The van der Waals surface area contributed by atoms with Crippen LogP contribution in [0.25, 0.3) is 0 Å². The highest BCUT2D eigenvalue weighted by Gasteiger charge is 2.31. The van der Waals surface area contributed by atoms with Gasteiger partial charge in [0.1, 0.15) is 18.1 Å². The average molecular weight is 564 g/mol. The number of guanidine groups is 1. The van der Waals surface area contributed by atoms with E-state index in [9.17, 15) is 29.1 Å². The highest BCUT2D eigenvalue weighted by atomic mass is 16.4. The lowest BCUT2D eigenvalue weighted by Gasteiger charge is -2.25. The van der Waals surface area contributed by atoms with Gasteiger partial charge in [-0.05, 0) is 12.8 Å². The minimum Gasteiger partial charge on any atom is -0.481 e. The Balaban J connectivity index is 2.20. The lowest BCUT2D eigenvalue weighted by Crippen LogP contribution is -2.58. The first-order valence-corrected chi connectivity index (χ1v) is 12.1. The Kier molecular flexibility index (Phi) is 12.0. The van der Waals surface area contributed by atoms with Gasteiger partial charge in [0.2, 0.25) is 17.7 Å². The van der Waals surface area contributed by atoms with Gasteiger partial charge < -0.3 is 53.3 Å². The quantitative estimate of drug-likeness (QED) is 0.0505. The first-order chi connectivity index (χ1) is 19.0. The minimum atomic E-state index is -1.75. The van der Waals surface area contributed by atoms with Gasteiger partial charge in [-0.25, -0.2) is 14.8 Å². The number of hydrogen-bond acceptors (Lipinski definition) is 9. The van der Waals surface area contributed by atoms with E-state index < -0.39 is 60.2 Å². The maximum absolute atomic E-state index is 13.3. The Morgan fingerprint density at radius 3 is 1.93 bits per heavy atom. The molecule has 0 fully saturated rings. The molecule has 0 spiro atoms. The molecule has 18 heteroatoms. The number of amides is 3. The van der Waals surface area contributed by atoms with E-state index in [2.05, 4.69) is 40.9 Å². The molecular formula is C22H33N11O7. The standard InChI is InChI=1S/C22H33N11O7/c23-13(4-11-7-26-9-29-11)18(36)32-15(5-12-8-27-10-30-12)20(38)31-14(2-1-3-28-22(24)25)19(37)33-16(21(39)40)6-17(34)35/h7-10,13-16H,1-6,23H2,(H,26,29)(H,27,30)(H,31,38)(H,32,36)(H,33,37)(H,34,35)(H,39,40)(H4,24,25,28). The number of rotatable bonds is 17. The van der Waals surface area contributed by atoms with Crippen molar-refractivity contribution in [1.29, 1.82) is 0 Å². The molecule has 2 heterocycles. The molecule has 40 heavy (non-hydrogen) atoms. The predicted molar refractivity (Wildman–Crippen MR) is 138 cm³/mol. The van der Waals surface area contributed by atoms with Crippen LogP contribution in [0.5, 0.6) is 0 Å². The van der Waals surface area contributed by atoms with Crippen LogP contribution in [0.1, 0.15) is 30.7 Å². The third kappa shape index (κ3) is 10.8. The van der Waals surface area contributed by atoms with Crippen molar-refractivity contribution in [2.24, 2.45) is 22.2 Å². The lowest BCUT2D eigenvalue weighted by molar-refractivity contribution is -0.147. The van der Waals surface area contributed by atoms with Crippen molar-refractivity contribution in [3.05, 3.63) is 36.4 Å². The fourth-order valence-corrected chi connectivity index (χ4v) is 3.52. The first kappa shape index (κ1) is 31.2. The number of aliphatic imine (C=N–C) groups is 1. The molecule has 2 aromatic rings. The topological polar surface area (TPSA) is 310 Å². The summed E-state index contributed by atoms with van der Waals surface area (Å²) >= 11 is 0. The van der Waals surface area contributed by atoms with Crippen molar-refractivity contribution in [3.63, 3.8) is 0 Å². The number of aromatic amines is 2. The SMILES string of the molecule is NC(N)=NCCCC(NC(=O)C(Cc1cnc[nH]1)NC(=O)C(N)Cc1cnc[nH]1)C(=O)NC(CC(=O)O)C(=O)O. The Hall–Kier alpha value is -5.00. The maximum Gasteiger partial charge on any atom is 0.326 e. The summed E-state index contributed by atoms with van der Waals surface area (Å²) in [5.41, 5.74) is 17.7. The van der Waals surface area contributed by atoms with Crippen LogP contribution in [0.15, 0.2) is 30.0 Å². The number of nitrogens with one attached hydrogen (secondary N) is 5. The summed E-state index contributed by atoms with van der Waals surface area (Å²) < 4.78 is 0. The van der Waals surface area contributed by atoms with Crippen molar-refractivity contribution >= 4 is 35.6 Å². The van der Waals surface area contributed by atoms with Gasteiger partial charge in [0.25, 0.3) is 0 Å². The normalized spacial score (nSPS) is 13.7. The Labute approximate surface area is 227 Å². The second-order valence-corrected chi connectivity index (χ2v) is 8.74. The summed E-state index contributed by atoms with van der Waals surface area (Å²) in [7, 11) is 0. The summed E-state index contributed by atoms with van der Waals surface area (Å²) in [5.74, 6) is -5.61. The van der Waals surface area contributed by atoms with Gasteiger partial charge in [-0.3, -0.25) is 24.2 Å². The van der Waals surface area contributed by atoms with Crippen molar-refractivity contribution < 1.29 is 34.2 Å². The van der Waals surface area contributed by atoms with E-state index in [1.807, 2.05) is 0 Å². The molecule has 18 nitrogen and oxygen atoms in total. The number of carbonyl (C=O) groups is 5. The van der Waals surface area contributed by atoms with E-state index in [1.54, 1.807) is 0 Å². The fourth-order valence-electron chi connectivity index (χ4n) is 3.52. The van der Waals surface area contributed by atoms with Crippen LogP contribution in [0.3, 0.4) is 0 Å². The van der Waals surface area contributed by atoms with Crippen LogP contribution >= 0.6 is 0 Å². The summed E-state index contributed by atoms with van der Waals surface area (Å²) in [6.45, 7) is 0.0935. The number of nitrogens with two attached hydrogens (primary N) is 3. The molecule has 218 valence electrons. The molecule has 0 aliphatic carbocycles. The van der Waals surface area contributed by atoms with Crippen LogP contribution in [-0.4, -0.2) is 96.5 Å². The number of carboxylic acids is 2. The maximum atomic E-state index is 13.3. The van der Waals surface area contributed by atoms with Gasteiger partial charge in [0.05, 0.1) is 25.1 Å². The molecule has 0 bridgehead atoms. The van der Waals surface area contributed by atoms with Crippen LogP contribution < -0.4 is 33.2 Å². The second-order valence-electron chi connectivity index (χ2n) is 8.74. The molecule has 0 aliphatic rings. The molecule has 0 aromatic carbocycles. The summed E-state index contributed by atoms with van der Waals surface area (Å²) in [5, 5.41) is 25.5. The third-order valence-corrected chi connectivity index (χ3v) is 5.51. The van der Waals surface area contributed by atoms with Crippen molar-refractivity contribution in [1.82, 2.24) is 35.9 Å². The van der Waals surface area contributed by atoms with Gasteiger partial charge in [-0.15, -0.1) is 0 Å². The zero-order valence-electron chi connectivity index (χ0n) is 21.4. The van der Waals surface area contributed by atoms with Crippen LogP contribution in [0, 0.1) is 0 Å². The smallest absolute Gasteiger partial charge is 0.326 e. The number of carbonyl (C=O) groups excluding carboxylic acids is 3. The van der Waals surface area contributed by atoms with Crippen LogP contribution in [0.4, 0.5) is 0 Å². The number of aliphatic carboxylic acids is 2. The molecule has 3 amide bonds. The van der Waals surface area contributed by atoms with Crippen molar-refractivity contribution in [2.75, 3.05) is 6.54 Å². The zero-order chi connectivity index (χ0) is 29.7. The van der Waals surface area contributed by atoms with E-state index in [-0.39, 0.29) is 38.2 Å². The molecule has 0 saturated heterocycles. The molecule has 0 radical (unpaired) electrons. The molecule has 4 unspecified atom stereocenters. The second kappa shape index (κ2) is 15.4. The number of nitrogens with zero attached hydrogens (tertiary/aromatic N) is 3. The molecule has 2 rings (SSSR count). The molecule has 13 N–H and O–H groups in total. The number of carboxylic acid groups (broad SMARTS) is 2. The molecular weight excluding hydrogens is 530 g/mol. The Bertz CT molecular complexity index is 1160. The molecule has 0 aliphatic heterocycles. The minimum absolute atomic E-state index is 0.0438. The Morgan fingerprint density at radius 2 is 1.40 bits per heavy atom. The first-order valence-electron chi connectivity index (χ1n) is 12.1. The van der Waals surface area contributed by atoms with Gasteiger partial charge in [-0.2, -0.15) is 0 Å². The predicted octanol–water partition coefficient (Wildman–Crippen LogP) is -3.69. The molecule has 2 aromatic heterocycles. The van der Waals surface area contributed by atoms with Crippen molar-refractivity contribution in [3.8, 4) is 0 Å². The Morgan fingerprint density at radius 1 is 0.850 bits per heavy atom. The number of imidazole rings is 2. The number of hydrogen-bond donors (Lipinski definition) is 10. The van der Waals surface area contributed by atoms with Gasteiger partial charge in [0.15, 0.2) is 5.96 Å². The summed E-state index contributed by atoms with van der Waals surface area (Å²) in [6, 6.07) is -5.33. The summed E-state index contributed by atoms with van der Waals surface area (Å²) in [6.07, 6.45) is 5.08. The van der Waals surface area contributed by atoms with E-state index in [4.69, 9.17) is 22.3 Å². The van der Waals surface area contributed by atoms with Gasteiger partial charge in [-0.1, -0.05) is 0 Å². The van der Waals surface area contributed by atoms with E-state index in [1.165, 1.54) is 25.0 Å². The van der Waals surface area contributed by atoms with Gasteiger partial charge in [0, 0.05) is 43.2 Å². The van der Waals surface area contributed by atoms with Crippen molar-refractivity contribution in [2.45, 2.75) is 56.3 Å². The molecule has 4 atom stereocenters. The van der Waals surface area contributed by atoms with E-state index in [0.717, 1.165) is 0 Å². The molecule has 0 saturated carbocycles. The van der Waals surface area contributed by atoms with E-state index in [0.29, 0.717) is 11.4 Å². The van der Waals surface area contributed by atoms with Crippen LogP contribution in [0.2, 0.25) is 0 Å². The highest BCUT2D eigenvalue weighted by Crippen LogP contribution is 2.06. The zero-order valence-corrected chi connectivity index (χ0v) is 21.4. The number of aromatic nitrogens is 4. The fraction of sp³-hybridized carbons (Fsp3) is 0.455. The highest BCUT2D eigenvalue weighted by molar-refractivity contribution is 5.94. The number of H-pyrrole nitrogens is 2. The largest absolute Gasteiger partial charge is 0.481 e. The monoisotopic (exact) mass is 563 g/mol. The average Bonchev–Trinajstić information content (AvgIpc) is 3.58. The van der Waals surface area contributed by atoms with Gasteiger partial charge >= 0.3 is 11.9 Å². The van der Waals surface area contributed by atoms with E-state index >= 15 is 0 Å².